The minimum atomic E-state index is -1.81. The van der Waals surface area contributed by atoms with Gasteiger partial charge in [-0.2, -0.15) is 0 Å². The molecule has 0 radical (unpaired) electrons. The van der Waals surface area contributed by atoms with Gasteiger partial charge >= 0.3 is 0 Å². The second-order valence-electron chi connectivity index (χ2n) is 6.93. The average molecular weight is 384 g/mol. The number of unbranched alkanes of at least 4 members (excludes halogenated alkanes) is 2. The number of amides is 1. The van der Waals surface area contributed by atoms with Gasteiger partial charge in [0.05, 0.1) is 12.7 Å². The molecule has 2 heterocycles. The van der Waals surface area contributed by atoms with E-state index in [-0.39, 0.29) is 23.3 Å². The van der Waals surface area contributed by atoms with E-state index < -0.39 is 11.7 Å². The summed E-state index contributed by atoms with van der Waals surface area (Å²) in [5.41, 5.74) is 4.76. The number of fused-ring (bicyclic) bond motifs is 1. The molecule has 7 heteroatoms. The molecule has 1 amide bonds. The van der Waals surface area contributed by atoms with Gasteiger partial charge in [-0.1, -0.05) is 31.4 Å². The van der Waals surface area contributed by atoms with Crippen LogP contribution in [0.5, 0.6) is 0 Å². The van der Waals surface area contributed by atoms with Crippen LogP contribution in [0.2, 0.25) is 0 Å². The summed E-state index contributed by atoms with van der Waals surface area (Å²) in [5, 5.41) is 12.2. The second-order valence-corrected chi connectivity index (χ2v) is 6.93. The molecule has 0 spiro atoms. The van der Waals surface area contributed by atoms with Crippen LogP contribution in [0.3, 0.4) is 0 Å². The fraction of sp³-hybridized carbons (Fsp3) is 0.381. The van der Waals surface area contributed by atoms with Crippen molar-refractivity contribution in [2.24, 2.45) is 0 Å². The average Bonchev–Trinajstić information content (AvgIpc) is 3.19. The van der Waals surface area contributed by atoms with Gasteiger partial charge in [-0.15, -0.1) is 0 Å². The molecule has 0 aliphatic carbocycles. The van der Waals surface area contributed by atoms with Crippen molar-refractivity contribution in [1.29, 1.82) is 0 Å². The van der Waals surface area contributed by atoms with E-state index >= 15 is 0 Å². The third-order valence-corrected chi connectivity index (χ3v) is 4.82. The van der Waals surface area contributed by atoms with Crippen molar-refractivity contribution < 1.29 is 24.3 Å². The Labute approximate surface area is 163 Å². The molecule has 1 aliphatic heterocycles. The second kappa shape index (κ2) is 8.02. The number of hydroxylamine groups is 1. The summed E-state index contributed by atoms with van der Waals surface area (Å²) in [7, 11) is 1.29. The molecule has 0 bridgehead atoms. The predicted molar refractivity (Wildman–Crippen MR) is 104 cm³/mol. The highest BCUT2D eigenvalue weighted by atomic mass is 16.6. The van der Waals surface area contributed by atoms with Crippen molar-refractivity contribution in [2.75, 3.05) is 7.11 Å². The Bertz CT molecular complexity index is 984. The molecule has 148 valence electrons. The minimum Gasteiger partial charge on any atom is -0.446 e. The highest BCUT2D eigenvalue weighted by Crippen LogP contribution is 2.45. The lowest BCUT2D eigenvalue weighted by atomic mass is 9.93. The maximum absolute atomic E-state index is 12.6. The molecule has 1 aliphatic rings. The van der Waals surface area contributed by atoms with Crippen molar-refractivity contribution in [1.82, 2.24) is 10.5 Å². The van der Waals surface area contributed by atoms with E-state index in [0.29, 0.717) is 12.1 Å². The molecule has 0 fully saturated rings. The molecule has 1 unspecified atom stereocenters. The smallest absolute Gasteiger partial charge is 0.280 e. The quantitative estimate of drug-likeness (QED) is 0.387. The number of aromatic amines is 1. The van der Waals surface area contributed by atoms with E-state index in [0.717, 1.165) is 29.3 Å². The molecule has 1 aromatic carbocycles. The monoisotopic (exact) mass is 384 g/mol. The summed E-state index contributed by atoms with van der Waals surface area (Å²) in [6, 6.07) is 7.71. The Balaban J connectivity index is 2.19. The molecule has 0 saturated carbocycles. The number of aliphatic hydroxyl groups is 1. The van der Waals surface area contributed by atoms with Crippen LogP contribution in [0, 0.1) is 6.92 Å². The van der Waals surface area contributed by atoms with E-state index in [4.69, 9.17) is 9.57 Å². The van der Waals surface area contributed by atoms with Crippen LogP contribution in [-0.4, -0.2) is 34.8 Å². The molecule has 1 aromatic heterocycles. The van der Waals surface area contributed by atoms with Crippen LogP contribution in [0.4, 0.5) is 0 Å². The fourth-order valence-corrected chi connectivity index (χ4v) is 3.53. The lowest BCUT2D eigenvalue weighted by Crippen LogP contribution is -2.30. The van der Waals surface area contributed by atoms with Gasteiger partial charge in [0.15, 0.2) is 5.94 Å². The maximum atomic E-state index is 12.6. The van der Waals surface area contributed by atoms with Gasteiger partial charge in [-0.3, -0.25) is 9.63 Å². The number of aromatic nitrogens is 1. The van der Waals surface area contributed by atoms with Crippen LogP contribution in [-0.2, 0) is 19.2 Å². The summed E-state index contributed by atoms with van der Waals surface area (Å²) >= 11 is 0. The Morgan fingerprint density at radius 3 is 2.82 bits per heavy atom. The Kier molecular flexibility index (Phi) is 5.70. The van der Waals surface area contributed by atoms with Gasteiger partial charge in [-0.25, -0.2) is 10.3 Å². The van der Waals surface area contributed by atoms with Crippen LogP contribution in [0.1, 0.15) is 43.9 Å². The van der Waals surface area contributed by atoms with Crippen LogP contribution < -0.4 is 5.48 Å². The number of hydrogen-bond donors (Lipinski definition) is 3. The molecule has 3 rings (SSSR count). The first-order valence-corrected chi connectivity index (χ1v) is 9.28. The molecule has 7 nitrogen and oxygen atoms in total. The molecule has 28 heavy (non-hydrogen) atoms. The zero-order valence-corrected chi connectivity index (χ0v) is 16.2. The van der Waals surface area contributed by atoms with Gasteiger partial charge in [0.1, 0.15) is 5.57 Å². The largest absolute Gasteiger partial charge is 0.446 e. The van der Waals surface area contributed by atoms with Crippen LogP contribution in [0.25, 0.3) is 16.5 Å². The first-order valence-electron chi connectivity index (χ1n) is 9.28. The Morgan fingerprint density at radius 2 is 2.14 bits per heavy atom. The van der Waals surface area contributed by atoms with E-state index in [2.05, 4.69) is 10.5 Å². The Morgan fingerprint density at radius 1 is 1.36 bits per heavy atom. The van der Waals surface area contributed by atoms with E-state index in [1.807, 2.05) is 38.1 Å². The van der Waals surface area contributed by atoms with E-state index in [9.17, 15) is 14.7 Å². The normalized spacial score (nSPS) is 19.1. The summed E-state index contributed by atoms with van der Waals surface area (Å²) in [6.45, 7) is 4.03. The molecular weight excluding hydrogens is 360 g/mol. The summed E-state index contributed by atoms with van der Waals surface area (Å²) in [6.07, 6.45) is 2.74. The molecule has 2 aromatic rings. The lowest BCUT2D eigenvalue weighted by Gasteiger charge is -2.25. The lowest BCUT2D eigenvalue weighted by molar-refractivity contribution is -0.128. The van der Waals surface area contributed by atoms with Gasteiger partial charge in [-0.05, 0) is 31.5 Å². The van der Waals surface area contributed by atoms with Gasteiger partial charge in [0.25, 0.3) is 5.91 Å². The highest BCUT2D eigenvalue weighted by molar-refractivity contribution is 6.09. The number of hydrogen-bond acceptors (Lipinski definition) is 5. The number of rotatable bonds is 7. The SMILES string of the molecule is CCCCCC1(O)OC(=C=O)C(C(=O)NOC)=C1c1cc2cc(C)ccc2[nH]1. The number of carbonyl (C=O) groups excluding carboxylic acids is 2. The molecule has 1 atom stereocenters. The fourth-order valence-electron chi connectivity index (χ4n) is 3.53. The Hall–Kier alpha value is -2.86. The zero-order valence-electron chi connectivity index (χ0n) is 16.2. The topological polar surface area (TPSA) is 101 Å². The van der Waals surface area contributed by atoms with Crippen molar-refractivity contribution in [2.45, 2.75) is 45.3 Å². The van der Waals surface area contributed by atoms with Gasteiger partial charge in [0.2, 0.25) is 11.5 Å². The third kappa shape index (κ3) is 3.60. The van der Waals surface area contributed by atoms with Crippen molar-refractivity contribution >= 4 is 28.3 Å². The summed E-state index contributed by atoms with van der Waals surface area (Å²) in [5.74, 6) is -1.19. The minimum absolute atomic E-state index is 0.0841. The third-order valence-electron chi connectivity index (χ3n) is 4.82. The zero-order chi connectivity index (χ0) is 20.3. The number of ether oxygens (including phenoxy) is 1. The van der Waals surface area contributed by atoms with E-state index in [1.54, 1.807) is 5.94 Å². The van der Waals surface area contributed by atoms with Crippen LogP contribution in [0.15, 0.2) is 35.6 Å². The standard InChI is InChI=1S/C21H24N2O5/c1-4-5-6-9-21(26)19(18(17(12-24)28-21)20(25)23-27-3)16-11-14-10-13(2)7-8-15(14)22-16/h7-8,10-11,22,26H,4-6,9H2,1-3H3,(H,23,25). The maximum Gasteiger partial charge on any atom is 0.280 e. The molecule has 0 saturated heterocycles. The van der Waals surface area contributed by atoms with E-state index in [1.165, 1.54) is 7.11 Å². The van der Waals surface area contributed by atoms with Crippen molar-refractivity contribution in [3.63, 3.8) is 0 Å². The first kappa shape index (κ1) is 19.9. The van der Waals surface area contributed by atoms with Crippen molar-refractivity contribution in [3.8, 4) is 0 Å². The molecular formula is C21H24N2O5. The number of benzene rings is 1. The highest BCUT2D eigenvalue weighted by Gasteiger charge is 2.48. The number of aryl methyl sites for hydroxylation is 1. The van der Waals surface area contributed by atoms with Gasteiger partial charge in [0, 0.05) is 23.0 Å². The summed E-state index contributed by atoms with van der Waals surface area (Å²) < 4.78 is 5.55. The van der Waals surface area contributed by atoms with Crippen LogP contribution >= 0.6 is 0 Å². The van der Waals surface area contributed by atoms with Crippen molar-refractivity contribution in [3.05, 3.63) is 46.9 Å². The molecule has 3 N–H and O–H groups in total. The number of nitrogens with one attached hydrogen (secondary N) is 2. The predicted octanol–water partition coefficient (Wildman–Crippen LogP) is 2.92. The number of H-pyrrole nitrogens is 1. The first-order chi connectivity index (χ1) is 13.4. The summed E-state index contributed by atoms with van der Waals surface area (Å²) in [4.78, 5) is 32.0. The van der Waals surface area contributed by atoms with Gasteiger partial charge < -0.3 is 14.8 Å². The number of carbonyl (C=O) groups is 1.